The molecule has 1 heterocycles. The number of carbonyl (C=O) groups is 1. The third kappa shape index (κ3) is 4.32. The minimum atomic E-state index is -0.560. The Morgan fingerprint density at radius 3 is 2.83 bits per heavy atom. The summed E-state index contributed by atoms with van der Waals surface area (Å²) in [6.07, 6.45) is 1.35. The number of H-pyrrole nitrogens is 1. The van der Waals surface area contributed by atoms with E-state index in [9.17, 15) is 19.7 Å². The lowest BCUT2D eigenvalue weighted by Gasteiger charge is -2.13. The smallest absolute Gasteiger partial charge is 0.273 e. The van der Waals surface area contributed by atoms with Gasteiger partial charge in [0.05, 0.1) is 29.0 Å². The number of rotatable bonds is 6. The Morgan fingerprint density at radius 2 is 2.21 bits per heavy atom. The SMILES string of the molecule is COc1cc([N+](=O)[O-])ccc1NC(=O)[C@H](C)Sc1nccc(=O)[nH]1. The maximum atomic E-state index is 12.2. The summed E-state index contributed by atoms with van der Waals surface area (Å²) in [5.41, 5.74) is -0.134. The number of nitro benzene ring substituents is 1. The van der Waals surface area contributed by atoms with Crippen molar-refractivity contribution >= 4 is 29.0 Å². The van der Waals surface area contributed by atoms with Gasteiger partial charge in [-0.25, -0.2) is 4.98 Å². The van der Waals surface area contributed by atoms with Crippen molar-refractivity contribution < 1.29 is 14.5 Å². The van der Waals surface area contributed by atoms with Crippen LogP contribution in [-0.2, 0) is 4.79 Å². The molecule has 0 fully saturated rings. The molecule has 0 unspecified atom stereocenters. The van der Waals surface area contributed by atoms with Gasteiger partial charge in [0, 0.05) is 18.3 Å². The summed E-state index contributed by atoms with van der Waals surface area (Å²) >= 11 is 1.08. The number of anilines is 1. The van der Waals surface area contributed by atoms with Crippen molar-refractivity contribution in [2.45, 2.75) is 17.3 Å². The molecule has 0 saturated carbocycles. The Hall–Kier alpha value is -2.88. The van der Waals surface area contributed by atoms with Gasteiger partial charge in [-0.15, -0.1) is 0 Å². The molecule has 126 valence electrons. The van der Waals surface area contributed by atoms with Gasteiger partial charge >= 0.3 is 0 Å². The molecule has 0 radical (unpaired) electrons. The molecule has 24 heavy (non-hydrogen) atoms. The van der Waals surface area contributed by atoms with Gasteiger partial charge in [-0.05, 0) is 13.0 Å². The number of aromatic nitrogens is 2. The van der Waals surface area contributed by atoms with Crippen molar-refractivity contribution in [3.8, 4) is 5.75 Å². The highest BCUT2D eigenvalue weighted by molar-refractivity contribution is 8.00. The van der Waals surface area contributed by atoms with E-state index in [4.69, 9.17) is 4.74 Å². The van der Waals surface area contributed by atoms with E-state index in [1.165, 1.54) is 37.6 Å². The Kier molecular flexibility index (Phi) is 5.53. The molecule has 2 N–H and O–H groups in total. The first kappa shape index (κ1) is 17.5. The van der Waals surface area contributed by atoms with Gasteiger partial charge in [0.1, 0.15) is 5.75 Å². The molecular weight excluding hydrogens is 336 g/mol. The number of nitrogens with one attached hydrogen (secondary N) is 2. The van der Waals surface area contributed by atoms with E-state index in [-0.39, 0.29) is 22.9 Å². The Balaban J connectivity index is 2.11. The van der Waals surface area contributed by atoms with Crippen LogP contribution in [-0.4, -0.2) is 33.2 Å². The fourth-order valence-corrected chi connectivity index (χ4v) is 2.55. The lowest BCUT2D eigenvalue weighted by Crippen LogP contribution is -2.23. The Bertz CT molecular complexity index is 823. The molecule has 2 aromatic rings. The number of aromatic amines is 1. The molecule has 0 bridgehead atoms. The lowest BCUT2D eigenvalue weighted by atomic mass is 10.2. The number of non-ortho nitro benzene ring substituents is 1. The first-order valence-electron chi connectivity index (χ1n) is 6.76. The van der Waals surface area contributed by atoms with E-state index in [1.807, 2.05) is 0 Å². The number of nitro groups is 1. The van der Waals surface area contributed by atoms with E-state index >= 15 is 0 Å². The second-order valence-electron chi connectivity index (χ2n) is 4.63. The second kappa shape index (κ2) is 7.59. The standard InChI is InChI=1S/C14H14N4O5S/c1-8(24-14-15-6-5-12(19)17-14)13(20)16-10-4-3-9(18(21)22)7-11(10)23-2/h3-8H,1-2H3,(H,16,20)(H,15,17,19)/t8-/m0/s1. The van der Waals surface area contributed by atoms with Crippen molar-refractivity contribution in [2.24, 2.45) is 0 Å². The number of ether oxygens (including phenoxy) is 1. The topological polar surface area (TPSA) is 127 Å². The highest BCUT2D eigenvalue weighted by atomic mass is 32.2. The van der Waals surface area contributed by atoms with Gasteiger partial charge in [0.15, 0.2) is 5.16 Å². The van der Waals surface area contributed by atoms with Crippen LogP contribution in [0.3, 0.4) is 0 Å². The van der Waals surface area contributed by atoms with Crippen molar-refractivity contribution in [3.05, 3.63) is 50.9 Å². The van der Waals surface area contributed by atoms with Crippen LogP contribution in [0.4, 0.5) is 11.4 Å². The van der Waals surface area contributed by atoms with Crippen LogP contribution in [0, 0.1) is 10.1 Å². The van der Waals surface area contributed by atoms with E-state index in [2.05, 4.69) is 15.3 Å². The van der Waals surface area contributed by atoms with Gasteiger partial charge in [0.25, 0.3) is 11.2 Å². The molecule has 10 heteroatoms. The number of benzene rings is 1. The van der Waals surface area contributed by atoms with Gasteiger partial charge in [0.2, 0.25) is 5.91 Å². The summed E-state index contributed by atoms with van der Waals surface area (Å²) in [5.74, 6) is -0.181. The molecule has 0 aliphatic rings. The minimum absolute atomic E-state index is 0.140. The average molecular weight is 350 g/mol. The van der Waals surface area contributed by atoms with Crippen LogP contribution in [0.1, 0.15) is 6.92 Å². The minimum Gasteiger partial charge on any atom is -0.494 e. The molecule has 0 spiro atoms. The average Bonchev–Trinajstić information content (AvgIpc) is 2.54. The third-order valence-corrected chi connectivity index (χ3v) is 3.96. The lowest BCUT2D eigenvalue weighted by molar-refractivity contribution is -0.384. The fraction of sp³-hybridized carbons (Fsp3) is 0.214. The van der Waals surface area contributed by atoms with Gasteiger partial charge in [-0.2, -0.15) is 0 Å². The summed E-state index contributed by atoms with van der Waals surface area (Å²) < 4.78 is 5.06. The van der Waals surface area contributed by atoms with Gasteiger partial charge < -0.3 is 15.0 Å². The zero-order valence-electron chi connectivity index (χ0n) is 12.8. The summed E-state index contributed by atoms with van der Waals surface area (Å²) in [6.45, 7) is 1.64. The number of thioether (sulfide) groups is 1. The molecule has 0 aliphatic carbocycles. The van der Waals surface area contributed by atoms with E-state index in [1.54, 1.807) is 6.92 Å². The number of methoxy groups -OCH3 is 1. The third-order valence-electron chi connectivity index (χ3n) is 2.96. The summed E-state index contributed by atoms with van der Waals surface area (Å²) in [4.78, 5) is 40.2. The number of amides is 1. The Morgan fingerprint density at radius 1 is 1.46 bits per heavy atom. The van der Waals surface area contributed by atoms with Crippen molar-refractivity contribution in [3.63, 3.8) is 0 Å². The Labute approximate surface area is 140 Å². The van der Waals surface area contributed by atoms with E-state index in [0.29, 0.717) is 10.8 Å². The van der Waals surface area contributed by atoms with Crippen LogP contribution in [0.2, 0.25) is 0 Å². The predicted molar refractivity (Wildman–Crippen MR) is 88.5 cm³/mol. The van der Waals surface area contributed by atoms with E-state index in [0.717, 1.165) is 11.8 Å². The molecule has 0 saturated heterocycles. The van der Waals surface area contributed by atoms with Crippen LogP contribution < -0.4 is 15.6 Å². The zero-order chi connectivity index (χ0) is 17.7. The molecular formula is C14H14N4O5S. The van der Waals surface area contributed by atoms with Crippen LogP contribution >= 0.6 is 11.8 Å². The van der Waals surface area contributed by atoms with Crippen molar-refractivity contribution in [2.75, 3.05) is 12.4 Å². The maximum Gasteiger partial charge on any atom is 0.273 e. The summed E-state index contributed by atoms with van der Waals surface area (Å²) in [6, 6.07) is 5.17. The monoisotopic (exact) mass is 350 g/mol. The predicted octanol–water partition coefficient (Wildman–Crippen LogP) is 1.81. The molecule has 1 atom stereocenters. The largest absolute Gasteiger partial charge is 0.494 e. The number of nitrogens with zero attached hydrogens (tertiary/aromatic N) is 2. The highest BCUT2D eigenvalue weighted by Crippen LogP contribution is 2.30. The molecule has 2 rings (SSSR count). The molecule has 0 aliphatic heterocycles. The van der Waals surface area contributed by atoms with Gasteiger partial charge in [-0.1, -0.05) is 11.8 Å². The van der Waals surface area contributed by atoms with Crippen LogP contribution in [0.5, 0.6) is 5.75 Å². The first-order chi connectivity index (χ1) is 11.4. The number of carbonyl (C=O) groups excluding carboxylic acids is 1. The van der Waals surface area contributed by atoms with Crippen LogP contribution in [0.15, 0.2) is 40.4 Å². The fourth-order valence-electron chi connectivity index (χ4n) is 1.76. The second-order valence-corrected chi connectivity index (χ2v) is 5.96. The summed E-state index contributed by atoms with van der Waals surface area (Å²) in [5, 5.41) is 13.2. The van der Waals surface area contributed by atoms with Crippen LogP contribution in [0.25, 0.3) is 0 Å². The normalized spacial score (nSPS) is 11.6. The van der Waals surface area contributed by atoms with E-state index < -0.39 is 10.2 Å². The molecule has 9 nitrogen and oxygen atoms in total. The quantitative estimate of drug-likeness (QED) is 0.352. The number of hydrogen-bond acceptors (Lipinski definition) is 7. The molecule has 1 amide bonds. The summed E-state index contributed by atoms with van der Waals surface area (Å²) in [7, 11) is 1.35. The van der Waals surface area contributed by atoms with Crippen molar-refractivity contribution in [1.82, 2.24) is 9.97 Å². The zero-order valence-corrected chi connectivity index (χ0v) is 13.6. The van der Waals surface area contributed by atoms with Gasteiger partial charge in [-0.3, -0.25) is 19.7 Å². The number of hydrogen-bond donors (Lipinski definition) is 2. The maximum absolute atomic E-state index is 12.2. The molecule has 1 aromatic heterocycles. The molecule has 1 aromatic carbocycles. The van der Waals surface area contributed by atoms with Crippen molar-refractivity contribution in [1.29, 1.82) is 0 Å². The first-order valence-corrected chi connectivity index (χ1v) is 7.64. The highest BCUT2D eigenvalue weighted by Gasteiger charge is 2.19.